The fraction of sp³-hybridized carbons (Fsp3) is 0.606. The molecular weight excluding hydrogens is 474 g/mol. The van der Waals surface area contributed by atoms with Crippen LogP contribution in [0.25, 0.3) is 0 Å². The molecule has 5 nitrogen and oxygen atoms in total. The highest BCUT2D eigenvalue weighted by Gasteiger charge is 2.84. The van der Waals surface area contributed by atoms with Crippen molar-refractivity contribution in [2.45, 2.75) is 82.0 Å². The van der Waals surface area contributed by atoms with E-state index in [-0.39, 0.29) is 22.7 Å². The molecule has 5 heteroatoms. The van der Waals surface area contributed by atoms with Gasteiger partial charge in [0, 0.05) is 41.7 Å². The zero-order valence-corrected chi connectivity index (χ0v) is 23.1. The third-order valence-corrected chi connectivity index (χ3v) is 12.1. The molecular formula is C33H39NO4. The van der Waals surface area contributed by atoms with Crippen LogP contribution in [0.5, 0.6) is 11.5 Å². The Balaban J connectivity index is 1.36. The molecule has 2 aromatic carbocycles. The van der Waals surface area contributed by atoms with E-state index in [0.29, 0.717) is 6.04 Å². The Morgan fingerprint density at radius 3 is 2.58 bits per heavy atom. The molecule has 5 fully saturated rings. The van der Waals surface area contributed by atoms with Gasteiger partial charge in [0.1, 0.15) is 11.7 Å². The maximum absolute atomic E-state index is 14.7. The topological polar surface area (TPSA) is 48.0 Å². The molecule has 7 aliphatic rings. The number of Topliss-reactive ketones (excluding diaryl/α,β-unsaturated/α-hetero) is 1. The summed E-state index contributed by atoms with van der Waals surface area (Å²) in [5, 5.41) is 0. The predicted molar refractivity (Wildman–Crippen MR) is 145 cm³/mol. The number of aryl methyl sites for hydroxylation is 1. The van der Waals surface area contributed by atoms with Gasteiger partial charge >= 0.3 is 0 Å². The Morgan fingerprint density at radius 2 is 1.87 bits per heavy atom. The average Bonchev–Trinajstić information content (AvgIpc) is 3.67. The third kappa shape index (κ3) is 2.50. The van der Waals surface area contributed by atoms with Gasteiger partial charge in [0.25, 0.3) is 0 Å². The molecule has 2 spiro atoms. The number of hydrogen-bond acceptors (Lipinski definition) is 5. The second-order valence-corrected chi connectivity index (χ2v) is 13.5. The Kier molecular flexibility index (Phi) is 4.59. The largest absolute Gasteiger partial charge is 0.493 e. The van der Waals surface area contributed by atoms with Crippen LogP contribution in [0.2, 0.25) is 0 Å². The Hall–Kier alpha value is -2.37. The van der Waals surface area contributed by atoms with Gasteiger partial charge < -0.3 is 14.2 Å². The summed E-state index contributed by atoms with van der Waals surface area (Å²) in [7, 11) is 3.56. The number of nitrogens with zero attached hydrogens (tertiary/aromatic N) is 1. The van der Waals surface area contributed by atoms with Crippen LogP contribution < -0.4 is 9.47 Å². The lowest BCUT2D eigenvalue weighted by Gasteiger charge is -2.76. The molecule has 0 N–H and O–H groups in total. The number of carbonyl (C=O) groups is 1. The molecule has 9 rings (SSSR count). The van der Waals surface area contributed by atoms with Crippen LogP contribution in [0.1, 0.15) is 72.5 Å². The molecule has 0 aromatic heterocycles. The second-order valence-electron chi connectivity index (χ2n) is 13.5. The lowest BCUT2D eigenvalue weighted by atomic mass is 9.31. The first-order chi connectivity index (χ1) is 18.3. The number of methoxy groups -OCH3 is 2. The lowest BCUT2D eigenvalue weighted by Crippen LogP contribution is -2.84. The maximum Gasteiger partial charge on any atom is 0.171 e. The molecule has 0 radical (unpaired) electrons. The summed E-state index contributed by atoms with van der Waals surface area (Å²) in [5.74, 6) is 2.79. The third-order valence-electron chi connectivity index (χ3n) is 12.1. The molecule has 2 aliphatic heterocycles. The molecule has 4 saturated carbocycles. The van der Waals surface area contributed by atoms with E-state index in [2.05, 4.69) is 43.0 Å². The highest BCUT2D eigenvalue weighted by Crippen LogP contribution is 2.79. The van der Waals surface area contributed by atoms with E-state index < -0.39 is 11.0 Å². The molecule has 1 saturated heterocycles. The molecule has 2 heterocycles. The van der Waals surface area contributed by atoms with Gasteiger partial charge in [-0.15, -0.1) is 0 Å². The Labute approximate surface area is 225 Å². The van der Waals surface area contributed by atoms with E-state index in [1.807, 2.05) is 19.2 Å². The standard InChI is InChI=1S/C33H39NO4/c1-20-5-9-22(10-6-20)28(35)30(2)19-31-13-14-33(30,37-4)29-32(31)15-16-34(18-21-7-8-21)25(31)17-23-11-12-24(36-3)27(38-29)26(23)32/h5-6,9-12,21,25,29H,7-8,13-19H2,1-4H3/t25-,29-,30+,31-,32+,33+/m1/s1. The van der Waals surface area contributed by atoms with Crippen LogP contribution in [0.15, 0.2) is 36.4 Å². The summed E-state index contributed by atoms with van der Waals surface area (Å²) in [4.78, 5) is 17.5. The maximum atomic E-state index is 14.7. The number of carbonyl (C=O) groups excluding carboxylic acids is 1. The molecule has 4 bridgehead atoms. The van der Waals surface area contributed by atoms with Gasteiger partial charge in [-0.1, -0.05) is 35.9 Å². The van der Waals surface area contributed by atoms with Crippen LogP contribution in [-0.4, -0.2) is 55.7 Å². The quantitative estimate of drug-likeness (QED) is 0.478. The molecule has 6 atom stereocenters. The molecule has 2 aromatic rings. The van der Waals surface area contributed by atoms with Crippen LogP contribution in [-0.2, 0) is 16.6 Å². The van der Waals surface area contributed by atoms with Crippen molar-refractivity contribution in [1.82, 2.24) is 4.90 Å². The van der Waals surface area contributed by atoms with Crippen molar-refractivity contribution in [2.24, 2.45) is 16.7 Å². The van der Waals surface area contributed by atoms with Gasteiger partial charge in [-0.3, -0.25) is 9.69 Å². The van der Waals surface area contributed by atoms with Crippen LogP contribution >= 0.6 is 0 Å². The molecule has 0 unspecified atom stereocenters. The summed E-state index contributed by atoms with van der Waals surface area (Å²) >= 11 is 0. The Morgan fingerprint density at radius 1 is 1.08 bits per heavy atom. The van der Waals surface area contributed by atoms with Crippen LogP contribution in [0.3, 0.4) is 0 Å². The zero-order valence-electron chi connectivity index (χ0n) is 23.1. The van der Waals surface area contributed by atoms with Crippen LogP contribution in [0, 0.1) is 23.7 Å². The van der Waals surface area contributed by atoms with Crippen molar-refractivity contribution in [3.05, 3.63) is 58.7 Å². The van der Waals surface area contributed by atoms with E-state index in [9.17, 15) is 4.79 Å². The number of fused-ring (bicyclic) bond motifs is 2. The van der Waals surface area contributed by atoms with Gasteiger partial charge in [0.2, 0.25) is 0 Å². The SMILES string of the molecule is COc1ccc2c3c1O[C@H]1[C@@]4(OC)CC[C@@]5(C[C@@]4(C)C(=O)c4ccc(C)cc4)[C@@H](C2)N(CC2CC2)CC[C@]315. The monoisotopic (exact) mass is 513 g/mol. The molecule has 0 amide bonds. The summed E-state index contributed by atoms with van der Waals surface area (Å²) in [5.41, 5.74) is 3.22. The minimum atomic E-state index is -0.696. The number of benzene rings is 2. The van der Waals surface area contributed by atoms with Gasteiger partial charge in [0.15, 0.2) is 17.3 Å². The van der Waals surface area contributed by atoms with Gasteiger partial charge in [-0.05, 0) is 82.9 Å². The van der Waals surface area contributed by atoms with Crippen molar-refractivity contribution >= 4 is 5.78 Å². The number of hydrogen-bond donors (Lipinski definition) is 0. The van der Waals surface area contributed by atoms with Gasteiger partial charge in [0.05, 0.1) is 12.5 Å². The fourth-order valence-corrected chi connectivity index (χ4v) is 10.3. The van der Waals surface area contributed by atoms with E-state index in [4.69, 9.17) is 14.2 Å². The van der Waals surface area contributed by atoms with Gasteiger partial charge in [-0.25, -0.2) is 0 Å². The predicted octanol–water partition coefficient (Wildman–Crippen LogP) is 5.50. The normalized spacial score (nSPS) is 40.0. The number of piperidine rings is 1. The summed E-state index contributed by atoms with van der Waals surface area (Å²) in [6.07, 6.45) is 7.41. The average molecular weight is 514 g/mol. The van der Waals surface area contributed by atoms with Crippen molar-refractivity contribution in [1.29, 1.82) is 0 Å². The first kappa shape index (κ1) is 23.5. The van der Waals surface area contributed by atoms with E-state index in [0.717, 1.165) is 61.6 Å². The number of ketones is 1. The van der Waals surface area contributed by atoms with E-state index in [1.54, 1.807) is 7.11 Å². The van der Waals surface area contributed by atoms with Gasteiger partial charge in [-0.2, -0.15) is 0 Å². The number of rotatable bonds is 6. The number of ether oxygens (including phenoxy) is 3. The first-order valence-electron chi connectivity index (χ1n) is 14.6. The highest BCUT2D eigenvalue weighted by atomic mass is 16.6. The number of likely N-dealkylation sites (tertiary alicyclic amines) is 1. The highest BCUT2D eigenvalue weighted by molar-refractivity contribution is 6.02. The molecule has 200 valence electrons. The van der Waals surface area contributed by atoms with Crippen molar-refractivity contribution in [3.8, 4) is 11.5 Å². The Bertz CT molecular complexity index is 1350. The molecule has 38 heavy (non-hydrogen) atoms. The summed E-state index contributed by atoms with van der Waals surface area (Å²) < 4.78 is 19.7. The van der Waals surface area contributed by atoms with Crippen molar-refractivity contribution < 1.29 is 19.0 Å². The second kappa shape index (κ2) is 7.42. The zero-order chi connectivity index (χ0) is 26.1. The lowest BCUT2D eigenvalue weighted by molar-refractivity contribution is -0.292. The fourth-order valence-electron chi connectivity index (χ4n) is 10.3. The van der Waals surface area contributed by atoms with E-state index >= 15 is 0 Å². The van der Waals surface area contributed by atoms with Crippen molar-refractivity contribution in [2.75, 3.05) is 27.3 Å². The minimum Gasteiger partial charge on any atom is -0.493 e. The minimum absolute atomic E-state index is 0.0230. The first-order valence-corrected chi connectivity index (χ1v) is 14.6. The smallest absolute Gasteiger partial charge is 0.171 e. The van der Waals surface area contributed by atoms with E-state index in [1.165, 1.54) is 36.1 Å². The summed E-state index contributed by atoms with van der Waals surface area (Å²) in [6, 6.07) is 13.0. The van der Waals surface area contributed by atoms with Crippen LogP contribution in [0.4, 0.5) is 0 Å². The molecule has 5 aliphatic carbocycles. The van der Waals surface area contributed by atoms with Crippen molar-refractivity contribution in [3.63, 3.8) is 0 Å². The summed E-state index contributed by atoms with van der Waals surface area (Å²) in [6.45, 7) is 6.57.